The van der Waals surface area contributed by atoms with Gasteiger partial charge in [-0.3, -0.25) is 14.4 Å². The predicted molar refractivity (Wildman–Crippen MR) is 65.7 cm³/mol. The number of carboxylic acid groups (broad SMARTS) is 1. The van der Waals surface area contributed by atoms with Crippen molar-refractivity contribution >= 4 is 11.9 Å². The molecule has 1 saturated heterocycles. The summed E-state index contributed by atoms with van der Waals surface area (Å²) in [6.07, 6.45) is 1.24. The van der Waals surface area contributed by atoms with Gasteiger partial charge >= 0.3 is 5.97 Å². The lowest BCUT2D eigenvalue weighted by Gasteiger charge is -2.30. The zero-order valence-corrected chi connectivity index (χ0v) is 10.6. The Morgan fingerprint density at radius 2 is 2.16 bits per heavy atom. The summed E-state index contributed by atoms with van der Waals surface area (Å²) in [4.78, 5) is 35.8. The largest absolute Gasteiger partial charge is 0.481 e. The van der Waals surface area contributed by atoms with Crippen molar-refractivity contribution in [2.24, 2.45) is 13.0 Å². The molecule has 7 nitrogen and oxygen atoms in total. The third-order valence-electron chi connectivity index (χ3n) is 3.24. The van der Waals surface area contributed by atoms with E-state index in [0.29, 0.717) is 19.4 Å². The molecular weight excluding hydrogens is 250 g/mol. The molecule has 102 valence electrons. The second-order valence-corrected chi connectivity index (χ2v) is 4.61. The van der Waals surface area contributed by atoms with Gasteiger partial charge < -0.3 is 10.0 Å². The Kier molecular flexibility index (Phi) is 3.64. The predicted octanol–water partition coefficient (Wildman–Crippen LogP) is -0.283. The summed E-state index contributed by atoms with van der Waals surface area (Å²) in [7, 11) is 1.47. The van der Waals surface area contributed by atoms with Gasteiger partial charge in [-0.15, -0.1) is 0 Å². The average molecular weight is 265 g/mol. The molecule has 1 aromatic heterocycles. The topological polar surface area (TPSA) is 92.5 Å². The summed E-state index contributed by atoms with van der Waals surface area (Å²) < 4.78 is 1.09. The molecule has 1 aliphatic heterocycles. The van der Waals surface area contributed by atoms with Crippen molar-refractivity contribution in [3.63, 3.8) is 0 Å². The number of nitrogens with zero attached hydrogens (tertiary/aromatic N) is 3. The van der Waals surface area contributed by atoms with Crippen molar-refractivity contribution in [3.05, 3.63) is 28.2 Å². The third kappa shape index (κ3) is 2.81. The van der Waals surface area contributed by atoms with Crippen LogP contribution in [0.2, 0.25) is 0 Å². The van der Waals surface area contributed by atoms with Gasteiger partial charge in [0.1, 0.15) is 5.69 Å². The summed E-state index contributed by atoms with van der Waals surface area (Å²) in [6.45, 7) is 0.714. The van der Waals surface area contributed by atoms with Crippen molar-refractivity contribution in [2.45, 2.75) is 12.8 Å². The molecule has 1 unspecified atom stereocenters. The minimum absolute atomic E-state index is 0.160. The Balaban J connectivity index is 2.16. The van der Waals surface area contributed by atoms with Crippen LogP contribution in [0.4, 0.5) is 0 Å². The molecule has 7 heteroatoms. The SMILES string of the molecule is Cn1nc(C(=O)N2CCCC(C(=O)O)C2)ccc1=O. The molecular formula is C12H15N3O4. The summed E-state index contributed by atoms with van der Waals surface area (Å²) in [5.74, 6) is -1.74. The lowest BCUT2D eigenvalue weighted by molar-refractivity contribution is -0.143. The molecule has 1 aliphatic rings. The van der Waals surface area contributed by atoms with E-state index in [1.54, 1.807) is 0 Å². The van der Waals surface area contributed by atoms with Gasteiger partial charge in [-0.25, -0.2) is 4.68 Å². The van der Waals surface area contributed by atoms with E-state index < -0.39 is 11.9 Å². The number of hydrogen-bond acceptors (Lipinski definition) is 4. The zero-order valence-electron chi connectivity index (χ0n) is 10.6. The van der Waals surface area contributed by atoms with Crippen molar-refractivity contribution in [2.75, 3.05) is 13.1 Å². The standard InChI is InChI=1S/C12H15N3O4/c1-14-10(16)5-4-9(13-14)11(17)15-6-2-3-8(7-15)12(18)19/h4-5,8H,2-3,6-7H2,1H3,(H,18,19). The number of aromatic nitrogens is 2. The lowest BCUT2D eigenvalue weighted by Crippen LogP contribution is -2.43. The normalized spacial score (nSPS) is 19.2. The zero-order chi connectivity index (χ0) is 14.0. The molecule has 0 radical (unpaired) electrons. The smallest absolute Gasteiger partial charge is 0.308 e. The van der Waals surface area contributed by atoms with Crippen LogP contribution in [-0.2, 0) is 11.8 Å². The van der Waals surface area contributed by atoms with Crippen molar-refractivity contribution in [1.82, 2.24) is 14.7 Å². The van der Waals surface area contributed by atoms with Gasteiger partial charge in [0.25, 0.3) is 11.5 Å². The lowest BCUT2D eigenvalue weighted by atomic mass is 9.98. The molecule has 1 aromatic rings. The van der Waals surface area contributed by atoms with Crippen molar-refractivity contribution in [3.8, 4) is 0 Å². The fraction of sp³-hybridized carbons (Fsp3) is 0.500. The number of carboxylic acids is 1. The molecule has 2 heterocycles. The fourth-order valence-electron chi connectivity index (χ4n) is 2.14. The van der Waals surface area contributed by atoms with E-state index in [4.69, 9.17) is 5.11 Å². The molecule has 2 rings (SSSR count). The maximum Gasteiger partial charge on any atom is 0.308 e. The summed E-state index contributed by atoms with van der Waals surface area (Å²) >= 11 is 0. The Bertz CT molecular complexity index is 566. The Morgan fingerprint density at radius 3 is 2.79 bits per heavy atom. The molecule has 1 amide bonds. The van der Waals surface area contributed by atoms with Crippen LogP contribution >= 0.6 is 0 Å². The number of rotatable bonds is 2. The van der Waals surface area contributed by atoms with Gasteiger partial charge in [0.2, 0.25) is 0 Å². The van der Waals surface area contributed by atoms with Crippen molar-refractivity contribution in [1.29, 1.82) is 0 Å². The highest BCUT2D eigenvalue weighted by Gasteiger charge is 2.29. The molecule has 19 heavy (non-hydrogen) atoms. The molecule has 1 fully saturated rings. The van der Waals surface area contributed by atoms with Crippen molar-refractivity contribution < 1.29 is 14.7 Å². The van der Waals surface area contributed by atoms with Gasteiger partial charge in [0.15, 0.2) is 0 Å². The molecule has 0 aliphatic carbocycles. The highest BCUT2D eigenvalue weighted by Crippen LogP contribution is 2.18. The van der Waals surface area contributed by atoms with E-state index >= 15 is 0 Å². The van der Waals surface area contributed by atoms with Gasteiger partial charge in [-0.05, 0) is 18.9 Å². The van der Waals surface area contributed by atoms with Crippen LogP contribution in [-0.4, -0.2) is 44.8 Å². The van der Waals surface area contributed by atoms with Crippen LogP contribution in [0.3, 0.4) is 0 Å². The molecule has 1 atom stereocenters. The Morgan fingerprint density at radius 1 is 1.42 bits per heavy atom. The number of hydrogen-bond donors (Lipinski definition) is 1. The van der Waals surface area contributed by atoms with Crippen LogP contribution in [0.1, 0.15) is 23.3 Å². The van der Waals surface area contributed by atoms with E-state index in [1.807, 2.05) is 0 Å². The Hall–Kier alpha value is -2.18. The van der Waals surface area contributed by atoms with Crippen LogP contribution in [0.5, 0.6) is 0 Å². The highest BCUT2D eigenvalue weighted by molar-refractivity contribution is 5.92. The summed E-state index contributed by atoms with van der Waals surface area (Å²) in [5, 5.41) is 12.9. The molecule has 0 saturated carbocycles. The van der Waals surface area contributed by atoms with Crippen LogP contribution in [0, 0.1) is 5.92 Å². The monoisotopic (exact) mass is 265 g/mol. The quantitative estimate of drug-likeness (QED) is 0.793. The number of aryl methyl sites for hydroxylation is 1. The maximum absolute atomic E-state index is 12.2. The summed E-state index contributed by atoms with van der Waals surface area (Å²) in [5.41, 5.74) is -0.133. The van der Waals surface area contributed by atoms with E-state index in [9.17, 15) is 14.4 Å². The molecule has 0 spiro atoms. The number of aliphatic carboxylic acids is 1. The second kappa shape index (κ2) is 5.21. The third-order valence-corrected chi connectivity index (χ3v) is 3.24. The average Bonchev–Trinajstić information content (AvgIpc) is 2.41. The Labute approximate surface area is 109 Å². The second-order valence-electron chi connectivity index (χ2n) is 4.61. The van der Waals surface area contributed by atoms with Crippen LogP contribution in [0.25, 0.3) is 0 Å². The number of carbonyl (C=O) groups is 2. The maximum atomic E-state index is 12.2. The first-order chi connectivity index (χ1) is 8.99. The minimum atomic E-state index is -0.883. The van der Waals surface area contributed by atoms with Crippen LogP contribution in [0.15, 0.2) is 16.9 Å². The first-order valence-electron chi connectivity index (χ1n) is 6.05. The molecule has 0 aromatic carbocycles. The van der Waals surface area contributed by atoms with E-state index in [0.717, 1.165) is 4.68 Å². The number of carbonyl (C=O) groups excluding carboxylic acids is 1. The first-order valence-corrected chi connectivity index (χ1v) is 6.05. The fourth-order valence-corrected chi connectivity index (χ4v) is 2.14. The van der Waals surface area contributed by atoms with Crippen LogP contribution < -0.4 is 5.56 Å². The van der Waals surface area contributed by atoms with E-state index in [2.05, 4.69) is 5.10 Å². The van der Waals surface area contributed by atoms with Gasteiger partial charge in [0, 0.05) is 26.2 Å². The minimum Gasteiger partial charge on any atom is -0.481 e. The molecule has 1 N–H and O–H groups in total. The van der Waals surface area contributed by atoms with Gasteiger partial charge in [0.05, 0.1) is 5.92 Å². The number of piperidine rings is 1. The number of likely N-dealkylation sites (tertiary alicyclic amines) is 1. The molecule has 0 bridgehead atoms. The highest BCUT2D eigenvalue weighted by atomic mass is 16.4. The van der Waals surface area contributed by atoms with E-state index in [1.165, 1.54) is 24.1 Å². The van der Waals surface area contributed by atoms with E-state index in [-0.39, 0.29) is 23.7 Å². The van der Waals surface area contributed by atoms with Gasteiger partial charge in [-0.1, -0.05) is 0 Å². The number of amides is 1. The summed E-state index contributed by atoms with van der Waals surface area (Å²) in [6, 6.07) is 2.65. The first kappa shape index (κ1) is 13.3. The van der Waals surface area contributed by atoms with Gasteiger partial charge in [-0.2, -0.15) is 5.10 Å².